The second-order valence-electron chi connectivity index (χ2n) is 5.15. The fourth-order valence-corrected chi connectivity index (χ4v) is 2.55. The van der Waals surface area contributed by atoms with Crippen LogP contribution in [0.4, 0.5) is 5.69 Å². The fraction of sp³-hybridized carbons (Fsp3) is 0.118. The molecule has 0 atom stereocenters. The van der Waals surface area contributed by atoms with E-state index in [1.54, 1.807) is 10.6 Å². The minimum Gasteiger partial charge on any atom is -0.472 e. The number of nitrogens with one attached hydrogen (secondary N) is 1. The normalized spacial score (nSPS) is 15.2. The summed E-state index contributed by atoms with van der Waals surface area (Å²) in [7, 11) is 0. The molecule has 0 radical (unpaired) electrons. The van der Waals surface area contributed by atoms with Gasteiger partial charge in [-0.1, -0.05) is 30.3 Å². The fourth-order valence-electron chi connectivity index (χ4n) is 2.55. The lowest BCUT2D eigenvalue weighted by Gasteiger charge is -2.20. The van der Waals surface area contributed by atoms with Gasteiger partial charge in [-0.2, -0.15) is 0 Å². The Morgan fingerprint density at radius 2 is 1.87 bits per heavy atom. The first-order valence-corrected chi connectivity index (χ1v) is 7.34. The van der Waals surface area contributed by atoms with Crippen LogP contribution < -0.4 is 11.0 Å². The summed E-state index contributed by atoms with van der Waals surface area (Å²) >= 11 is 0. The Bertz CT molecular complexity index is 948. The van der Waals surface area contributed by atoms with Crippen molar-refractivity contribution in [3.8, 4) is 0 Å². The van der Waals surface area contributed by atoms with Crippen LogP contribution in [-0.4, -0.2) is 22.1 Å². The largest absolute Gasteiger partial charge is 0.472 e. The van der Waals surface area contributed by atoms with Crippen LogP contribution in [0.1, 0.15) is 5.82 Å². The molecule has 3 aromatic rings. The average Bonchev–Trinajstić information content (AvgIpc) is 2.61. The van der Waals surface area contributed by atoms with Crippen LogP contribution in [0.15, 0.2) is 64.5 Å². The summed E-state index contributed by atoms with van der Waals surface area (Å²) in [6.07, 6.45) is 0. The molecule has 0 amide bonds. The summed E-state index contributed by atoms with van der Waals surface area (Å²) in [5, 5.41) is 4.87. The van der Waals surface area contributed by atoms with Crippen molar-refractivity contribution in [2.45, 2.75) is 6.54 Å². The standard InChI is InChI=1S/C17H14N4O2/c22-17-13-8-4-5-9-14(13)18-15-16(23-11-10-21(15)17)20-19-12-6-2-1-3-7-12/h1-9,19H,10-11H2/b20-16+. The van der Waals surface area contributed by atoms with Gasteiger partial charge in [-0.05, 0) is 24.3 Å². The molecule has 1 aliphatic heterocycles. The van der Waals surface area contributed by atoms with E-state index in [1.807, 2.05) is 48.5 Å². The van der Waals surface area contributed by atoms with Crippen LogP contribution in [0.2, 0.25) is 0 Å². The molecule has 0 fully saturated rings. The Hall–Kier alpha value is -3.15. The minimum absolute atomic E-state index is 0.0682. The van der Waals surface area contributed by atoms with Gasteiger partial charge in [0.05, 0.1) is 23.1 Å². The highest BCUT2D eigenvalue weighted by Crippen LogP contribution is 2.13. The van der Waals surface area contributed by atoms with Crippen molar-refractivity contribution < 1.29 is 4.74 Å². The summed E-state index contributed by atoms with van der Waals surface area (Å²) in [5.41, 5.74) is 4.34. The lowest BCUT2D eigenvalue weighted by molar-refractivity contribution is 0.259. The predicted octanol–water partition coefficient (Wildman–Crippen LogP) is 2.20. The third kappa shape index (κ3) is 2.44. The van der Waals surface area contributed by atoms with Gasteiger partial charge in [0.15, 0.2) is 0 Å². The van der Waals surface area contributed by atoms with E-state index in [1.165, 1.54) is 0 Å². The Morgan fingerprint density at radius 3 is 2.74 bits per heavy atom. The SMILES string of the molecule is O=c1c2ccccc2nc2n1CCO/C2=N/Nc1ccccc1. The third-order valence-corrected chi connectivity index (χ3v) is 3.67. The van der Waals surface area contributed by atoms with Gasteiger partial charge in [-0.25, -0.2) is 4.98 Å². The highest BCUT2D eigenvalue weighted by Gasteiger charge is 2.21. The molecule has 114 valence electrons. The van der Waals surface area contributed by atoms with Crippen LogP contribution in [0.25, 0.3) is 10.9 Å². The van der Waals surface area contributed by atoms with Crippen molar-refractivity contribution in [3.05, 3.63) is 70.8 Å². The van der Waals surface area contributed by atoms with E-state index in [4.69, 9.17) is 4.74 Å². The van der Waals surface area contributed by atoms with Gasteiger partial charge in [0.25, 0.3) is 11.5 Å². The van der Waals surface area contributed by atoms with Crippen molar-refractivity contribution in [2.24, 2.45) is 5.10 Å². The highest BCUT2D eigenvalue weighted by atomic mass is 16.5. The van der Waals surface area contributed by atoms with E-state index in [2.05, 4.69) is 15.5 Å². The Morgan fingerprint density at radius 1 is 1.09 bits per heavy atom. The second kappa shape index (κ2) is 5.57. The molecule has 6 nitrogen and oxygen atoms in total. The predicted molar refractivity (Wildman–Crippen MR) is 88.6 cm³/mol. The van der Waals surface area contributed by atoms with Gasteiger partial charge >= 0.3 is 0 Å². The molecule has 1 aliphatic rings. The number of anilines is 1. The summed E-state index contributed by atoms with van der Waals surface area (Å²) in [5.74, 6) is 0.770. The van der Waals surface area contributed by atoms with Gasteiger partial charge in [0, 0.05) is 0 Å². The third-order valence-electron chi connectivity index (χ3n) is 3.67. The molecule has 1 aromatic heterocycles. The lowest BCUT2D eigenvalue weighted by atomic mass is 10.2. The molecule has 0 bridgehead atoms. The number of hydrogen-bond acceptors (Lipinski definition) is 5. The van der Waals surface area contributed by atoms with E-state index in [9.17, 15) is 4.79 Å². The van der Waals surface area contributed by atoms with Gasteiger partial charge in [0.1, 0.15) is 6.61 Å². The molecule has 0 aliphatic carbocycles. The Balaban J connectivity index is 1.80. The van der Waals surface area contributed by atoms with Gasteiger partial charge < -0.3 is 4.74 Å². The zero-order chi connectivity index (χ0) is 15.6. The van der Waals surface area contributed by atoms with Crippen LogP contribution >= 0.6 is 0 Å². The number of benzene rings is 2. The number of aromatic nitrogens is 2. The lowest BCUT2D eigenvalue weighted by Crippen LogP contribution is -2.35. The number of para-hydroxylation sites is 2. The summed E-state index contributed by atoms with van der Waals surface area (Å²) in [6, 6.07) is 16.8. The second-order valence-corrected chi connectivity index (χ2v) is 5.15. The molecule has 6 heteroatoms. The van der Waals surface area contributed by atoms with E-state index in [0.29, 0.717) is 35.8 Å². The molecule has 2 heterocycles. The smallest absolute Gasteiger partial charge is 0.275 e. The number of ether oxygens (including phenoxy) is 1. The van der Waals surface area contributed by atoms with Gasteiger partial charge in [0.2, 0.25) is 5.82 Å². The zero-order valence-electron chi connectivity index (χ0n) is 12.3. The Labute approximate surface area is 132 Å². The van der Waals surface area contributed by atoms with E-state index in [0.717, 1.165) is 5.69 Å². The molecule has 0 saturated heterocycles. The maximum Gasteiger partial charge on any atom is 0.275 e. The number of fused-ring (bicyclic) bond motifs is 2. The molecular formula is C17H14N4O2. The summed E-state index contributed by atoms with van der Waals surface area (Å²) in [6.45, 7) is 0.860. The van der Waals surface area contributed by atoms with Gasteiger partial charge in [-0.3, -0.25) is 14.8 Å². The first kappa shape index (κ1) is 13.5. The van der Waals surface area contributed by atoms with Gasteiger partial charge in [-0.15, -0.1) is 5.10 Å². The van der Waals surface area contributed by atoms with Crippen molar-refractivity contribution >= 4 is 22.5 Å². The first-order valence-electron chi connectivity index (χ1n) is 7.34. The topological polar surface area (TPSA) is 68.5 Å². The van der Waals surface area contributed by atoms with Crippen molar-refractivity contribution in [1.82, 2.24) is 9.55 Å². The molecular weight excluding hydrogens is 292 g/mol. The van der Waals surface area contributed by atoms with E-state index in [-0.39, 0.29) is 5.56 Å². The molecule has 0 saturated carbocycles. The molecule has 2 aromatic carbocycles. The quantitative estimate of drug-likeness (QED) is 0.737. The number of nitrogens with zero attached hydrogens (tertiary/aromatic N) is 3. The maximum absolute atomic E-state index is 12.6. The van der Waals surface area contributed by atoms with E-state index < -0.39 is 0 Å². The molecule has 1 N–H and O–H groups in total. The number of rotatable bonds is 2. The number of hydrogen-bond donors (Lipinski definition) is 1. The summed E-state index contributed by atoms with van der Waals surface area (Å²) < 4.78 is 7.20. The monoisotopic (exact) mass is 306 g/mol. The minimum atomic E-state index is -0.0682. The molecule has 4 rings (SSSR count). The van der Waals surface area contributed by atoms with Crippen LogP contribution in [0.3, 0.4) is 0 Å². The van der Waals surface area contributed by atoms with Crippen molar-refractivity contribution in [3.63, 3.8) is 0 Å². The first-order chi connectivity index (χ1) is 11.3. The Kier molecular flexibility index (Phi) is 3.27. The summed E-state index contributed by atoms with van der Waals surface area (Å²) in [4.78, 5) is 17.1. The van der Waals surface area contributed by atoms with Crippen LogP contribution in [0, 0.1) is 0 Å². The van der Waals surface area contributed by atoms with Crippen molar-refractivity contribution in [2.75, 3.05) is 12.0 Å². The van der Waals surface area contributed by atoms with Crippen LogP contribution in [0.5, 0.6) is 0 Å². The van der Waals surface area contributed by atoms with E-state index >= 15 is 0 Å². The molecule has 0 unspecified atom stereocenters. The van der Waals surface area contributed by atoms with Crippen molar-refractivity contribution in [1.29, 1.82) is 0 Å². The molecule has 23 heavy (non-hydrogen) atoms. The molecule has 0 spiro atoms. The van der Waals surface area contributed by atoms with Crippen LogP contribution in [-0.2, 0) is 11.3 Å². The highest BCUT2D eigenvalue weighted by molar-refractivity contribution is 5.93. The number of hydrazone groups is 1. The average molecular weight is 306 g/mol. The maximum atomic E-state index is 12.6. The zero-order valence-corrected chi connectivity index (χ0v) is 12.3.